The summed E-state index contributed by atoms with van der Waals surface area (Å²) in [6.45, 7) is 5.39. The molecule has 0 spiro atoms. The molecule has 0 aliphatic carbocycles. The highest BCUT2D eigenvalue weighted by atomic mass is 19.3. The Labute approximate surface area is 99.3 Å². The fourth-order valence-corrected chi connectivity index (χ4v) is 1.28. The Morgan fingerprint density at radius 2 is 1.41 bits per heavy atom. The monoisotopic (exact) mass is 252 g/mol. The molecule has 0 heterocycles. The van der Waals surface area contributed by atoms with E-state index in [9.17, 15) is 18.4 Å². The highest BCUT2D eigenvalue weighted by molar-refractivity contribution is 5.95. The van der Waals surface area contributed by atoms with Gasteiger partial charge in [-0.05, 0) is 13.8 Å². The predicted octanol–water partition coefficient (Wildman–Crippen LogP) is 2.02. The molecule has 0 saturated carbocycles. The Hall–Kier alpha value is -1.20. The molecule has 0 aromatic rings. The van der Waals surface area contributed by atoms with Crippen LogP contribution in [0.15, 0.2) is 0 Å². The van der Waals surface area contributed by atoms with E-state index in [1.165, 1.54) is 13.8 Å². The van der Waals surface area contributed by atoms with Crippen molar-refractivity contribution < 1.29 is 27.8 Å². The lowest BCUT2D eigenvalue weighted by Gasteiger charge is -2.29. The summed E-state index contributed by atoms with van der Waals surface area (Å²) >= 11 is 0. The van der Waals surface area contributed by atoms with E-state index in [1.54, 1.807) is 0 Å². The van der Waals surface area contributed by atoms with E-state index in [2.05, 4.69) is 9.47 Å². The van der Waals surface area contributed by atoms with Gasteiger partial charge in [-0.25, -0.2) is 8.78 Å². The molecule has 100 valence electrons. The third-order valence-corrected chi connectivity index (χ3v) is 2.35. The molecule has 4 nitrogen and oxygen atoms in total. The van der Waals surface area contributed by atoms with Crippen LogP contribution < -0.4 is 0 Å². The van der Waals surface area contributed by atoms with Crippen molar-refractivity contribution in [2.45, 2.75) is 34.1 Å². The standard InChI is InChI=1S/C11H18F2O4/c1-5-16-8(14)7(9(15)17-6-2)11(3,4)10(12)13/h7,10H,5-6H2,1-4H3. The molecule has 17 heavy (non-hydrogen) atoms. The lowest BCUT2D eigenvalue weighted by molar-refractivity contribution is -0.173. The van der Waals surface area contributed by atoms with Crippen molar-refractivity contribution in [1.29, 1.82) is 0 Å². The molecule has 6 heteroatoms. The fraction of sp³-hybridized carbons (Fsp3) is 0.818. The second-order valence-electron chi connectivity index (χ2n) is 4.06. The first-order chi connectivity index (χ1) is 7.78. The number of hydrogen-bond acceptors (Lipinski definition) is 4. The van der Waals surface area contributed by atoms with E-state index < -0.39 is 29.7 Å². The summed E-state index contributed by atoms with van der Waals surface area (Å²) in [4.78, 5) is 23.1. The van der Waals surface area contributed by atoms with Crippen molar-refractivity contribution >= 4 is 11.9 Å². The first-order valence-electron chi connectivity index (χ1n) is 5.40. The highest BCUT2D eigenvalue weighted by Crippen LogP contribution is 2.35. The maximum Gasteiger partial charge on any atom is 0.321 e. The van der Waals surface area contributed by atoms with Crippen LogP contribution in [0.1, 0.15) is 27.7 Å². The van der Waals surface area contributed by atoms with Gasteiger partial charge >= 0.3 is 11.9 Å². The lowest BCUT2D eigenvalue weighted by atomic mass is 9.79. The average molecular weight is 252 g/mol. The summed E-state index contributed by atoms with van der Waals surface area (Å²) in [6, 6.07) is 0. The smallest absolute Gasteiger partial charge is 0.321 e. The molecule has 0 aromatic heterocycles. The number of rotatable bonds is 6. The van der Waals surface area contributed by atoms with E-state index in [0.29, 0.717) is 0 Å². The highest BCUT2D eigenvalue weighted by Gasteiger charge is 2.49. The molecule has 0 unspecified atom stereocenters. The third kappa shape index (κ3) is 3.94. The molecule has 0 rings (SSSR count). The van der Waals surface area contributed by atoms with Gasteiger partial charge in [0.1, 0.15) is 0 Å². The minimum atomic E-state index is -2.83. The molecule has 0 amide bonds. The van der Waals surface area contributed by atoms with Gasteiger partial charge in [0, 0.05) is 5.41 Å². The van der Waals surface area contributed by atoms with Crippen LogP contribution in [0, 0.1) is 11.3 Å². The first kappa shape index (κ1) is 15.8. The normalized spacial score (nSPS) is 11.8. The van der Waals surface area contributed by atoms with Crippen molar-refractivity contribution in [3.05, 3.63) is 0 Å². The lowest BCUT2D eigenvalue weighted by Crippen LogP contribution is -2.43. The van der Waals surface area contributed by atoms with Crippen LogP contribution in [0.25, 0.3) is 0 Å². The largest absolute Gasteiger partial charge is 0.465 e. The number of ether oxygens (including phenoxy) is 2. The Bertz CT molecular complexity index is 259. The van der Waals surface area contributed by atoms with Gasteiger partial charge in [-0.15, -0.1) is 0 Å². The molecule has 0 aliphatic heterocycles. The number of carbonyl (C=O) groups is 2. The zero-order valence-electron chi connectivity index (χ0n) is 10.5. The van der Waals surface area contributed by atoms with Gasteiger partial charge in [0.05, 0.1) is 13.2 Å². The van der Waals surface area contributed by atoms with Crippen LogP contribution in [0.2, 0.25) is 0 Å². The van der Waals surface area contributed by atoms with Crippen molar-refractivity contribution in [2.75, 3.05) is 13.2 Å². The maximum absolute atomic E-state index is 12.8. The number of hydrogen-bond donors (Lipinski definition) is 0. The molecule has 0 atom stereocenters. The Balaban J connectivity index is 5.10. The third-order valence-electron chi connectivity index (χ3n) is 2.35. The van der Waals surface area contributed by atoms with Gasteiger partial charge in [0.25, 0.3) is 0 Å². The van der Waals surface area contributed by atoms with E-state index >= 15 is 0 Å². The summed E-state index contributed by atoms with van der Waals surface area (Å²) in [5.41, 5.74) is -1.82. The molecule has 0 aromatic carbocycles. The van der Waals surface area contributed by atoms with Gasteiger partial charge in [0.15, 0.2) is 5.92 Å². The Morgan fingerprint density at radius 3 is 1.65 bits per heavy atom. The van der Waals surface area contributed by atoms with Crippen LogP contribution in [-0.4, -0.2) is 31.6 Å². The predicted molar refractivity (Wildman–Crippen MR) is 56.5 cm³/mol. The van der Waals surface area contributed by atoms with E-state index in [4.69, 9.17) is 0 Å². The van der Waals surface area contributed by atoms with Crippen molar-refractivity contribution in [2.24, 2.45) is 11.3 Å². The summed E-state index contributed by atoms with van der Waals surface area (Å²) < 4.78 is 35.0. The second-order valence-corrected chi connectivity index (χ2v) is 4.06. The zero-order chi connectivity index (χ0) is 13.6. The fourth-order valence-electron chi connectivity index (χ4n) is 1.28. The Morgan fingerprint density at radius 1 is 1.06 bits per heavy atom. The Kier molecular flexibility index (Phi) is 6.05. The van der Waals surface area contributed by atoms with Crippen LogP contribution in [0.5, 0.6) is 0 Å². The van der Waals surface area contributed by atoms with Crippen molar-refractivity contribution in [3.63, 3.8) is 0 Å². The molecule has 0 bridgehead atoms. The molecule has 0 aliphatic rings. The van der Waals surface area contributed by atoms with Gasteiger partial charge in [0.2, 0.25) is 6.43 Å². The van der Waals surface area contributed by atoms with Crippen LogP contribution >= 0.6 is 0 Å². The summed E-state index contributed by atoms with van der Waals surface area (Å²) in [5, 5.41) is 0. The minimum Gasteiger partial charge on any atom is -0.465 e. The second kappa shape index (κ2) is 6.51. The van der Waals surface area contributed by atoms with E-state index in [1.807, 2.05) is 0 Å². The average Bonchev–Trinajstić information content (AvgIpc) is 2.17. The van der Waals surface area contributed by atoms with Crippen LogP contribution in [-0.2, 0) is 19.1 Å². The number of halogens is 2. The maximum atomic E-state index is 12.8. The molecular weight excluding hydrogens is 234 g/mol. The number of carbonyl (C=O) groups excluding carboxylic acids is 2. The number of alkyl halides is 2. The molecule has 0 saturated heterocycles. The molecule has 0 radical (unpaired) electrons. The van der Waals surface area contributed by atoms with Gasteiger partial charge in [-0.1, -0.05) is 13.8 Å². The minimum absolute atomic E-state index is 0.0219. The van der Waals surface area contributed by atoms with Gasteiger partial charge in [-0.3, -0.25) is 9.59 Å². The quantitative estimate of drug-likeness (QED) is 0.536. The number of esters is 2. The van der Waals surface area contributed by atoms with E-state index in [-0.39, 0.29) is 13.2 Å². The molecular formula is C11H18F2O4. The summed E-state index contributed by atoms with van der Waals surface area (Å²) in [5.74, 6) is -3.56. The van der Waals surface area contributed by atoms with E-state index in [0.717, 1.165) is 13.8 Å². The summed E-state index contributed by atoms with van der Waals surface area (Å²) in [6.07, 6.45) is -2.83. The van der Waals surface area contributed by atoms with Gasteiger partial charge in [-0.2, -0.15) is 0 Å². The van der Waals surface area contributed by atoms with Crippen molar-refractivity contribution in [3.8, 4) is 0 Å². The zero-order valence-corrected chi connectivity index (χ0v) is 10.5. The van der Waals surface area contributed by atoms with Crippen molar-refractivity contribution in [1.82, 2.24) is 0 Å². The van der Waals surface area contributed by atoms with Crippen LogP contribution in [0.4, 0.5) is 8.78 Å². The van der Waals surface area contributed by atoms with Crippen LogP contribution in [0.3, 0.4) is 0 Å². The molecule has 0 N–H and O–H groups in total. The topological polar surface area (TPSA) is 52.6 Å². The SMILES string of the molecule is CCOC(=O)C(C(=O)OCC)C(C)(C)C(F)F. The first-order valence-corrected chi connectivity index (χ1v) is 5.40. The summed E-state index contributed by atoms with van der Waals surface area (Å²) in [7, 11) is 0. The van der Waals surface area contributed by atoms with Gasteiger partial charge < -0.3 is 9.47 Å². The molecule has 0 fully saturated rings.